The van der Waals surface area contributed by atoms with Crippen LogP contribution in [-0.4, -0.2) is 10.2 Å². The molecule has 3 aromatic carbocycles. The molecule has 2 aromatic heterocycles. The van der Waals surface area contributed by atoms with Gasteiger partial charge in [0.25, 0.3) is 0 Å². The fraction of sp³-hybridized carbons (Fsp3) is 0.323. The van der Waals surface area contributed by atoms with E-state index in [9.17, 15) is 0 Å². The lowest BCUT2D eigenvalue weighted by atomic mass is 9.82. The zero-order valence-electron chi connectivity index (χ0n) is 20.6. The molecule has 34 heavy (non-hydrogen) atoms. The van der Waals surface area contributed by atoms with Crippen molar-refractivity contribution in [1.82, 2.24) is 4.98 Å². The summed E-state index contributed by atoms with van der Waals surface area (Å²) in [6.07, 6.45) is 4.31. The van der Waals surface area contributed by atoms with Crippen LogP contribution in [0.3, 0.4) is 0 Å². The van der Waals surface area contributed by atoms with Gasteiger partial charge in [-0.2, -0.15) is 0 Å². The summed E-state index contributed by atoms with van der Waals surface area (Å²) < 4.78 is 6.55. The highest BCUT2D eigenvalue weighted by molar-refractivity contribution is 8.00. The Morgan fingerprint density at radius 3 is 2.65 bits per heavy atom. The fourth-order valence-corrected chi connectivity index (χ4v) is 7.10. The second-order valence-electron chi connectivity index (χ2n) is 11.1. The van der Waals surface area contributed by atoms with E-state index >= 15 is 0 Å². The standard InChI is InChI=1S/C31H31NOS/c1-18(2)14-21-17-24-27(34-21)11-10-26-28(24)23-12-13-32-29(30(23)33-26)20-15-19-8-6-7-9-22(19)25(16-20)31(3,4)5/h6-13,15-16,18,21H,14,17H2,1-5H3. The minimum absolute atomic E-state index is 0.0286. The van der Waals surface area contributed by atoms with E-state index in [1.807, 2.05) is 18.0 Å². The number of pyridine rings is 1. The van der Waals surface area contributed by atoms with Gasteiger partial charge in [0.2, 0.25) is 0 Å². The molecule has 172 valence electrons. The number of nitrogens with zero attached hydrogens (tertiary/aromatic N) is 1. The number of thioether (sulfide) groups is 1. The maximum atomic E-state index is 6.55. The molecule has 6 rings (SSSR count). The first kappa shape index (κ1) is 21.7. The normalized spacial score (nSPS) is 16.2. The third kappa shape index (κ3) is 3.53. The van der Waals surface area contributed by atoms with Crippen molar-refractivity contribution >= 4 is 44.5 Å². The number of benzene rings is 3. The van der Waals surface area contributed by atoms with Crippen molar-refractivity contribution in [2.24, 2.45) is 5.92 Å². The largest absolute Gasteiger partial charge is 0.454 e. The second-order valence-corrected chi connectivity index (χ2v) is 12.5. The average molecular weight is 466 g/mol. The molecule has 1 aliphatic heterocycles. The van der Waals surface area contributed by atoms with Crippen molar-refractivity contribution in [3.8, 4) is 11.3 Å². The van der Waals surface area contributed by atoms with Crippen molar-refractivity contribution < 1.29 is 4.42 Å². The highest BCUT2D eigenvalue weighted by Gasteiger charge is 2.28. The molecule has 0 aliphatic carbocycles. The van der Waals surface area contributed by atoms with Gasteiger partial charge in [-0.3, -0.25) is 4.98 Å². The highest BCUT2D eigenvalue weighted by atomic mass is 32.2. The van der Waals surface area contributed by atoms with Gasteiger partial charge in [-0.1, -0.05) is 58.9 Å². The van der Waals surface area contributed by atoms with Gasteiger partial charge in [-0.25, -0.2) is 0 Å². The van der Waals surface area contributed by atoms with Crippen LogP contribution in [0.4, 0.5) is 0 Å². The quantitative estimate of drug-likeness (QED) is 0.266. The summed E-state index contributed by atoms with van der Waals surface area (Å²) in [5.41, 5.74) is 6.76. The first-order valence-corrected chi connectivity index (χ1v) is 13.2. The number of hydrogen-bond acceptors (Lipinski definition) is 3. The molecule has 3 heterocycles. The highest BCUT2D eigenvalue weighted by Crippen LogP contribution is 2.47. The predicted octanol–water partition coefficient (Wildman–Crippen LogP) is 9.16. The summed E-state index contributed by atoms with van der Waals surface area (Å²) in [5.74, 6) is 0.712. The molecule has 0 amide bonds. The van der Waals surface area contributed by atoms with Crippen molar-refractivity contribution in [2.75, 3.05) is 0 Å². The minimum atomic E-state index is 0.0286. The zero-order chi connectivity index (χ0) is 23.6. The lowest BCUT2D eigenvalue weighted by Crippen LogP contribution is -2.12. The number of rotatable bonds is 3. The molecule has 0 saturated heterocycles. The number of hydrogen-bond donors (Lipinski definition) is 0. The van der Waals surface area contributed by atoms with Crippen LogP contribution in [0.25, 0.3) is 44.0 Å². The molecule has 5 aromatic rings. The van der Waals surface area contributed by atoms with E-state index < -0.39 is 0 Å². The van der Waals surface area contributed by atoms with Crippen molar-refractivity contribution in [1.29, 1.82) is 0 Å². The molecule has 1 aliphatic rings. The van der Waals surface area contributed by atoms with E-state index in [-0.39, 0.29) is 5.41 Å². The Bertz CT molecular complexity index is 1550. The monoisotopic (exact) mass is 465 g/mol. The van der Waals surface area contributed by atoms with Crippen LogP contribution in [-0.2, 0) is 11.8 Å². The average Bonchev–Trinajstić information content (AvgIpc) is 3.37. The Morgan fingerprint density at radius 1 is 1.03 bits per heavy atom. The molecular weight excluding hydrogens is 434 g/mol. The van der Waals surface area contributed by atoms with E-state index in [1.54, 1.807) is 0 Å². The van der Waals surface area contributed by atoms with Crippen LogP contribution in [0.5, 0.6) is 0 Å². The molecule has 0 radical (unpaired) electrons. The Hall–Kier alpha value is -2.78. The lowest BCUT2D eigenvalue weighted by molar-refractivity contribution is 0.570. The molecule has 0 spiro atoms. The molecule has 0 fully saturated rings. The molecular formula is C31H31NOS. The van der Waals surface area contributed by atoms with Gasteiger partial charge in [0.05, 0.1) is 0 Å². The maximum Gasteiger partial charge on any atom is 0.161 e. The van der Waals surface area contributed by atoms with E-state index in [4.69, 9.17) is 9.40 Å². The van der Waals surface area contributed by atoms with Crippen molar-refractivity contribution in [3.05, 3.63) is 71.9 Å². The summed E-state index contributed by atoms with van der Waals surface area (Å²) in [6.45, 7) is 11.5. The summed E-state index contributed by atoms with van der Waals surface area (Å²) in [4.78, 5) is 6.27. The van der Waals surface area contributed by atoms with Gasteiger partial charge < -0.3 is 4.42 Å². The summed E-state index contributed by atoms with van der Waals surface area (Å²) >= 11 is 2.04. The maximum absolute atomic E-state index is 6.55. The Morgan fingerprint density at radius 2 is 1.85 bits per heavy atom. The van der Waals surface area contributed by atoms with Gasteiger partial charge in [-0.05, 0) is 76.4 Å². The van der Waals surface area contributed by atoms with E-state index in [0.29, 0.717) is 11.2 Å². The molecule has 0 bridgehead atoms. The molecule has 0 N–H and O–H groups in total. The molecule has 1 unspecified atom stereocenters. The number of furan rings is 1. The van der Waals surface area contributed by atoms with Gasteiger partial charge in [0.15, 0.2) is 5.58 Å². The summed E-state index contributed by atoms with van der Waals surface area (Å²) in [7, 11) is 0. The minimum Gasteiger partial charge on any atom is -0.454 e. The third-order valence-corrected chi connectivity index (χ3v) is 8.35. The van der Waals surface area contributed by atoms with Crippen LogP contribution in [0.15, 0.2) is 70.1 Å². The van der Waals surface area contributed by atoms with Gasteiger partial charge in [-0.15, -0.1) is 11.8 Å². The van der Waals surface area contributed by atoms with Gasteiger partial charge in [0, 0.05) is 32.7 Å². The fourth-order valence-electron chi connectivity index (χ4n) is 5.54. The molecule has 2 nitrogen and oxygen atoms in total. The van der Waals surface area contributed by atoms with Gasteiger partial charge in [0.1, 0.15) is 11.3 Å². The Balaban J connectivity index is 1.57. The topological polar surface area (TPSA) is 26.0 Å². The van der Waals surface area contributed by atoms with Crippen LogP contribution in [0, 0.1) is 5.92 Å². The van der Waals surface area contributed by atoms with Crippen LogP contribution in [0.2, 0.25) is 0 Å². The van der Waals surface area contributed by atoms with E-state index in [1.165, 1.54) is 44.0 Å². The van der Waals surface area contributed by atoms with Gasteiger partial charge >= 0.3 is 0 Å². The number of fused-ring (bicyclic) bond motifs is 6. The second kappa shape index (κ2) is 7.88. The number of aromatic nitrogens is 1. The first-order chi connectivity index (χ1) is 16.3. The van der Waals surface area contributed by atoms with Crippen LogP contribution >= 0.6 is 11.8 Å². The predicted molar refractivity (Wildman–Crippen MR) is 146 cm³/mol. The van der Waals surface area contributed by atoms with Crippen molar-refractivity contribution in [2.45, 2.75) is 63.0 Å². The van der Waals surface area contributed by atoms with E-state index in [0.717, 1.165) is 28.8 Å². The summed E-state index contributed by atoms with van der Waals surface area (Å²) in [5, 5.41) is 5.68. The van der Waals surface area contributed by atoms with Crippen molar-refractivity contribution in [3.63, 3.8) is 0 Å². The zero-order valence-corrected chi connectivity index (χ0v) is 21.4. The Kier molecular flexibility index (Phi) is 5.04. The van der Waals surface area contributed by atoms with Crippen LogP contribution < -0.4 is 0 Å². The molecule has 0 saturated carbocycles. The third-order valence-electron chi connectivity index (χ3n) is 7.02. The SMILES string of the molecule is CC(C)CC1Cc2c(ccc3oc4c(-c5cc(C(C)(C)C)c6ccccc6c5)nccc4c23)S1. The van der Waals surface area contributed by atoms with E-state index in [2.05, 4.69) is 89.2 Å². The first-order valence-electron chi connectivity index (χ1n) is 12.3. The molecule has 1 atom stereocenters. The lowest BCUT2D eigenvalue weighted by Gasteiger charge is -2.22. The van der Waals surface area contributed by atoms with Crippen LogP contribution in [0.1, 0.15) is 52.2 Å². The Labute approximate surface area is 205 Å². The summed E-state index contributed by atoms with van der Waals surface area (Å²) in [6, 6.07) is 19.8. The molecule has 3 heteroatoms. The smallest absolute Gasteiger partial charge is 0.161 e.